The number of nitrogens with one attached hydrogen (secondary N) is 1. The van der Waals surface area contributed by atoms with Crippen molar-refractivity contribution in [3.05, 3.63) is 28.2 Å². The molecule has 1 aliphatic rings. The molecule has 0 saturated carbocycles. The molecule has 0 amide bonds. The Kier molecular flexibility index (Phi) is 6.08. The molecule has 1 heterocycles. The minimum absolute atomic E-state index is 0.0945. The zero-order chi connectivity index (χ0) is 15.3. The Morgan fingerprint density at radius 3 is 2.86 bits per heavy atom. The van der Waals surface area contributed by atoms with E-state index in [-0.39, 0.29) is 5.54 Å². The van der Waals surface area contributed by atoms with Gasteiger partial charge in [-0.3, -0.25) is 0 Å². The monoisotopic (exact) mass is 355 g/mol. The van der Waals surface area contributed by atoms with E-state index in [0.717, 1.165) is 36.4 Å². The summed E-state index contributed by atoms with van der Waals surface area (Å²) in [4.78, 5) is 0. The minimum Gasteiger partial charge on any atom is -0.493 e. The van der Waals surface area contributed by atoms with Gasteiger partial charge in [0.1, 0.15) is 5.75 Å². The van der Waals surface area contributed by atoms with Crippen LogP contribution in [0.2, 0.25) is 0 Å². The molecule has 0 spiro atoms. The fourth-order valence-electron chi connectivity index (χ4n) is 2.36. The smallest absolute Gasteiger partial charge is 0.123 e. The molecule has 1 saturated heterocycles. The molecular formula is C17H26BrNO2. The third-order valence-corrected chi connectivity index (χ3v) is 4.05. The SMILES string of the molecule is CC(C)(C)NCc1cc(Br)ccc1OCCC1CCCO1. The van der Waals surface area contributed by atoms with Crippen LogP contribution in [-0.2, 0) is 11.3 Å². The van der Waals surface area contributed by atoms with Crippen LogP contribution in [-0.4, -0.2) is 24.9 Å². The zero-order valence-corrected chi connectivity index (χ0v) is 14.8. The highest BCUT2D eigenvalue weighted by Crippen LogP contribution is 2.24. The Hall–Kier alpha value is -0.580. The lowest BCUT2D eigenvalue weighted by Crippen LogP contribution is -2.35. The van der Waals surface area contributed by atoms with Gasteiger partial charge in [-0.05, 0) is 51.8 Å². The molecule has 1 N–H and O–H groups in total. The maximum absolute atomic E-state index is 5.98. The third kappa shape index (κ3) is 5.97. The van der Waals surface area contributed by atoms with Crippen LogP contribution < -0.4 is 10.1 Å². The van der Waals surface area contributed by atoms with Gasteiger partial charge in [-0.1, -0.05) is 15.9 Å². The molecule has 21 heavy (non-hydrogen) atoms. The van der Waals surface area contributed by atoms with E-state index >= 15 is 0 Å². The summed E-state index contributed by atoms with van der Waals surface area (Å²) in [6.07, 6.45) is 3.71. The Morgan fingerprint density at radius 2 is 2.19 bits per heavy atom. The second kappa shape index (κ2) is 7.61. The van der Waals surface area contributed by atoms with Crippen molar-refractivity contribution in [2.75, 3.05) is 13.2 Å². The van der Waals surface area contributed by atoms with Gasteiger partial charge < -0.3 is 14.8 Å². The first kappa shape index (κ1) is 16.8. The maximum atomic E-state index is 5.98. The summed E-state index contributed by atoms with van der Waals surface area (Å²) >= 11 is 3.54. The van der Waals surface area contributed by atoms with Crippen LogP contribution in [0.4, 0.5) is 0 Å². The Morgan fingerprint density at radius 1 is 1.38 bits per heavy atom. The predicted octanol–water partition coefficient (Wildman–Crippen LogP) is 4.29. The van der Waals surface area contributed by atoms with Crippen molar-refractivity contribution in [2.24, 2.45) is 0 Å². The molecule has 0 aromatic heterocycles. The molecule has 1 unspecified atom stereocenters. The second-order valence-electron chi connectivity index (χ2n) is 6.63. The number of halogens is 1. The number of rotatable bonds is 6. The highest BCUT2D eigenvalue weighted by molar-refractivity contribution is 9.10. The van der Waals surface area contributed by atoms with Crippen molar-refractivity contribution in [2.45, 2.75) is 58.2 Å². The molecule has 0 bridgehead atoms. The molecule has 1 aromatic carbocycles. The van der Waals surface area contributed by atoms with Gasteiger partial charge in [0.25, 0.3) is 0 Å². The van der Waals surface area contributed by atoms with E-state index in [1.54, 1.807) is 0 Å². The summed E-state index contributed by atoms with van der Waals surface area (Å²) in [5.74, 6) is 0.966. The minimum atomic E-state index is 0.0945. The fourth-order valence-corrected chi connectivity index (χ4v) is 2.77. The molecule has 3 nitrogen and oxygen atoms in total. The molecule has 1 atom stereocenters. The van der Waals surface area contributed by atoms with Gasteiger partial charge in [0.15, 0.2) is 0 Å². The third-order valence-electron chi connectivity index (χ3n) is 3.55. The topological polar surface area (TPSA) is 30.5 Å². The van der Waals surface area contributed by atoms with Crippen molar-refractivity contribution in [1.82, 2.24) is 5.32 Å². The van der Waals surface area contributed by atoms with Crippen LogP contribution in [0.15, 0.2) is 22.7 Å². The highest BCUT2D eigenvalue weighted by atomic mass is 79.9. The second-order valence-corrected chi connectivity index (χ2v) is 7.54. The van der Waals surface area contributed by atoms with E-state index in [1.165, 1.54) is 18.4 Å². The van der Waals surface area contributed by atoms with Crippen LogP contribution in [0.25, 0.3) is 0 Å². The summed E-state index contributed by atoms with van der Waals surface area (Å²) in [5, 5.41) is 3.51. The Labute approximate surface area is 136 Å². The van der Waals surface area contributed by atoms with E-state index in [4.69, 9.17) is 9.47 Å². The van der Waals surface area contributed by atoms with Crippen molar-refractivity contribution in [3.8, 4) is 5.75 Å². The lowest BCUT2D eigenvalue weighted by atomic mass is 10.1. The van der Waals surface area contributed by atoms with Gasteiger partial charge in [0.2, 0.25) is 0 Å². The molecule has 118 valence electrons. The molecule has 1 aliphatic heterocycles. The zero-order valence-electron chi connectivity index (χ0n) is 13.2. The van der Waals surface area contributed by atoms with Crippen LogP contribution >= 0.6 is 15.9 Å². The van der Waals surface area contributed by atoms with Gasteiger partial charge in [-0.25, -0.2) is 0 Å². The highest BCUT2D eigenvalue weighted by Gasteiger charge is 2.16. The van der Waals surface area contributed by atoms with Crippen molar-refractivity contribution < 1.29 is 9.47 Å². The average molecular weight is 356 g/mol. The average Bonchev–Trinajstić information content (AvgIpc) is 2.91. The van der Waals surface area contributed by atoms with Gasteiger partial charge in [0.05, 0.1) is 12.7 Å². The van der Waals surface area contributed by atoms with E-state index in [9.17, 15) is 0 Å². The normalized spacial score (nSPS) is 19.0. The van der Waals surface area contributed by atoms with Crippen LogP contribution in [0.3, 0.4) is 0 Å². The van der Waals surface area contributed by atoms with Crippen molar-refractivity contribution in [3.63, 3.8) is 0 Å². The molecule has 2 rings (SSSR count). The number of hydrogen-bond donors (Lipinski definition) is 1. The molecule has 1 fully saturated rings. The molecule has 1 aromatic rings. The Bertz CT molecular complexity index is 451. The first-order valence-electron chi connectivity index (χ1n) is 7.72. The lowest BCUT2D eigenvalue weighted by Gasteiger charge is -2.22. The number of hydrogen-bond acceptors (Lipinski definition) is 3. The van der Waals surface area contributed by atoms with Gasteiger partial charge in [-0.2, -0.15) is 0 Å². The summed E-state index contributed by atoms with van der Waals surface area (Å²) in [6, 6.07) is 6.20. The molecule has 4 heteroatoms. The first-order valence-corrected chi connectivity index (χ1v) is 8.51. The van der Waals surface area contributed by atoms with E-state index in [2.05, 4.69) is 48.1 Å². The van der Waals surface area contributed by atoms with E-state index in [1.807, 2.05) is 12.1 Å². The summed E-state index contributed by atoms with van der Waals surface area (Å²) < 4.78 is 12.7. The van der Waals surface area contributed by atoms with E-state index < -0.39 is 0 Å². The predicted molar refractivity (Wildman–Crippen MR) is 89.8 cm³/mol. The summed E-state index contributed by atoms with van der Waals surface area (Å²) in [7, 11) is 0. The maximum Gasteiger partial charge on any atom is 0.123 e. The number of benzene rings is 1. The van der Waals surface area contributed by atoms with Crippen LogP contribution in [0, 0.1) is 0 Å². The lowest BCUT2D eigenvalue weighted by molar-refractivity contribution is 0.0902. The van der Waals surface area contributed by atoms with E-state index in [0.29, 0.717) is 6.10 Å². The molecule has 0 radical (unpaired) electrons. The first-order chi connectivity index (χ1) is 9.94. The van der Waals surface area contributed by atoms with Crippen LogP contribution in [0.5, 0.6) is 5.75 Å². The Balaban J connectivity index is 1.90. The van der Waals surface area contributed by atoms with Crippen LogP contribution in [0.1, 0.15) is 45.6 Å². The largest absolute Gasteiger partial charge is 0.493 e. The van der Waals surface area contributed by atoms with Crippen molar-refractivity contribution in [1.29, 1.82) is 0 Å². The van der Waals surface area contributed by atoms with Gasteiger partial charge in [-0.15, -0.1) is 0 Å². The van der Waals surface area contributed by atoms with Crippen molar-refractivity contribution >= 4 is 15.9 Å². The molecular weight excluding hydrogens is 330 g/mol. The van der Waals surface area contributed by atoms with Gasteiger partial charge in [0, 0.05) is 35.1 Å². The fraction of sp³-hybridized carbons (Fsp3) is 0.647. The quantitative estimate of drug-likeness (QED) is 0.825. The number of ether oxygens (including phenoxy) is 2. The summed E-state index contributed by atoms with van der Waals surface area (Å²) in [5.41, 5.74) is 1.28. The van der Waals surface area contributed by atoms with Gasteiger partial charge >= 0.3 is 0 Å². The molecule has 0 aliphatic carbocycles. The standard InChI is InChI=1S/C17H26BrNO2/c1-17(2,3)19-12-13-11-14(18)6-7-16(13)21-10-8-15-5-4-9-20-15/h6-7,11,15,19H,4-5,8-10,12H2,1-3H3. The summed E-state index contributed by atoms with van der Waals surface area (Å²) in [6.45, 7) is 8.94.